The fraction of sp³-hybridized carbons (Fsp3) is 0.364. The number of primary amides is 1. The number of carbonyl (C=O) groups excluding carboxylic acids is 2. The van der Waals surface area contributed by atoms with Gasteiger partial charge < -0.3 is 21.1 Å². The van der Waals surface area contributed by atoms with Gasteiger partial charge in [0.1, 0.15) is 13.1 Å². The van der Waals surface area contributed by atoms with Crippen LogP contribution in [0.1, 0.15) is 5.56 Å². The van der Waals surface area contributed by atoms with Crippen molar-refractivity contribution in [3.8, 4) is 0 Å². The van der Waals surface area contributed by atoms with Crippen molar-refractivity contribution >= 4 is 29.2 Å². The average Bonchev–Trinajstić information content (AvgIpc) is 2.79. The van der Waals surface area contributed by atoms with Crippen LogP contribution in [0.15, 0.2) is 16.8 Å². The fourth-order valence-corrected chi connectivity index (χ4v) is 2.11. The smallest absolute Gasteiger partial charge is 0.323 e. The summed E-state index contributed by atoms with van der Waals surface area (Å²) in [4.78, 5) is 33.9. The van der Waals surface area contributed by atoms with E-state index in [0.29, 0.717) is 13.0 Å². The van der Waals surface area contributed by atoms with Crippen molar-refractivity contribution in [1.29, 1.82) is 0 Å². The quantitative estimate of drug-likeness (QED) is 0.647. The van der Waals surface area contributed by atoms with E-state index in [0.717, 1.165) is 10.5 Å². The number of nitrogens with one attached hydrogen (secondary N) is 1. The molecule has 1 aromatic heterocycles. The van der Waals surface area contributed by atoms with Crippen LogP contribution in [0.25, 0.3) is 0 Å². The van der Waals surface area contributed by atoms with Gasteiger partial charge in [-0.05, 0) is 28.8 Å². The summed E-state index contributed by atoms with van der Waals surface area (Å²) in [6.45, 7) is -0.617. The lowest BCUT2D eigenvalue weighted by Crippen LogP contribution is -2.47. The Kier molecular flexibility index (Phi) is 5.80. The third-order valence-electron chi connectivity index (χ3n) is 2.23. The van der Waals surface area contributed by atoms with Gasteiger partial charge in [0.25, 0.3) is 0 Å². The molecule has 0 saturated heterocycles. The van der Waals surface area contributed by atoms with Gasteiger partial charge in [-0.15, -0.1) is 0 Å². The number of thiophene rings is 1. The molecule has 7 nitrogen and oxygen atoms in total. The van der Waals surface area contributed by atoms with Crippen molar-refractivity contribution in [3.05, 3.63) is 22.4 Å². The molecule has 0 spiro atoms. The number of carboxylic acids is 1. The lowest BCUT2D eigenvalue weighted by atomic mass is 10.2. The summed E-state index contributed by atoms with van der Waals surface area (Å²) < 4.78 is 0. The Morgan fingerprint density at radius 1 is 1.37 bits per heavy atom. The van der Waals surface area contributed by atoms with Crippen LogP contribution in [0.2, 0.25) is 0 Å². The Bertz CT molecular complexity index is 431. The van der Waals surface area contributed by atoms with Gasteiger partial charge in [0, 0.05) is 6.54 Å². The van der Waals surface area contributed by atoms with Crippen molar-refractivity contribution in [3.63, 3.8) is 0 Å². The molecule has 104 valence electrons. The van der Waals surface area contributed by atoms with Crippen molar-refractivity contribution in [2.75, 3.05) is 19.6 Å². The highest BCUT2D eigenvalue weighted by Crippen LogP contribution is 2.05. The minimum atomic E-state index is -1.20. The molecule has 1 heterocycles. The maximum absolute atomic E-state index is 11.7. The molecule has 0 aliphatic heterocycles. The SMILES string of the molecule is NC(=O)CN(CC(=O)O)C(=O)NCCc1ccsc1. The zero-order valence-electron chi connectivity index (χ0n) is 10.2. The van der Waals surface area contributed by atoms with E-state index in [2.05, 4.69) is 5.32 Å². The van der Waals surface area contributed by atoms with E-state index in [1.165, 1.54) is 0 Å². The van der Waals surface area contributed by atoms with Crippen LogP contribution in [0, 0.1) is 0 Å². The summed E-state index contributed by atoms with van der Waals surface area (Å²) in [5, 5.41) is 15.1. The lowest BCUT2D eigenvalue weighted by molar-refractivity contribution is -0.137. The second-order valence-electron chi connectivity index (χ2n) is 3.83. The largest absolute Gasteiger partial charge is 0.480 e. The van der Waals surface area contributed by atoms with E-state index in [9.17, 15) is 14.4 Å². The molecule has 0 fully saturated rings. The fourth-order valence-electron chi connectivity index (χ4n) is 1.41. The third kappa shape index (κ3) is 5.87. The normalized spacial score (nSPS) is 9.89. The number of amides is 3. The van der Waals surface area contributed by atoms with Crippen LogP contribution in [-0.4, -0.2) is 47.5 Å². The average molecular weight is 285 g/mol. The number of hydrogen-bond acceptors (Lipinski definition) is 4. The Hall–Kier alpha value is -2.09. The van der Waals surface area contributed by atoms with Crippen LogP contribution in [0.5, 0.6) is 0 Å². The first-order valence-electron chi connectivity index (χ1n) is 5.53. The van der Waals surface area contributed by atoms with Gasteiger partial charge in [-0.3, -0.25) is 9.59 Å². The highest BCUT2D eigenvalue weighted by Gasteiger charge is 2.18. The van der Waals surface area contributed by atoms with E-state index < -0.39 is 31.0 Å². The second kappa shape index (κ2) is 7.37. The van der Waals surface area contributed by atoms with Gasteiger partial charge in [-0.2, -0.15) is 11.3 Å². The molecular formula is C11H15N3O4S. The molecule has 4 N–H and O–H groups in total. The molecule has 19 heavy (non-hydrogen) atoms. The topological polar surface area (TPSA) is 113 Å². The zero-order valence-corrected chi connectivity index (χ0v) is 11.0. The Labute approximate surface area is 114 Å². The molecule has 0 unspecified atom stereocenters. The molecule has 0 aromatic carbocycles. The minimum Gasteiger partial charge on any atom is -0.480 e. The van der Waals surface area contributed by atoms with E-state index in [1.54, 1.807) is 11.3 Å². The number of carbonyl (C=O) groups is 3. The van der Waals surface area contributed by atoms with E-state index in [4.69, 9.17) is 10.8 Å². The minimum absolute atomic E-state index is 0.366. The number of aliphatic carboxylic acids is 1. The third-order valence-corrected chi connectivity index (χ3v) is 2.96. The summed E-state index contributed by atoms with van der Waals surface area (Å²) in [6.07, 6.45) is 0.646. The number of carboxylic acid groups (broad SMARTS) is 1. The van der Waals surface area contributed by atoms with Crippen molar-refractivity contribution < 1.29 is 19.5 Å². The molecule has 0 aliphatic rings. The molecule has 0 bridgehead atoms. The zero-order chi connectivity index (χ0) is 14.3. The summed E-state index contributed by atoms with van der Waals surface area (Å²) in [5.74, 6) is -1.96. The first-order valence-corrected chi connectivity index (χ1v) is 6.47. The molecule has 0 saturated carbocycles. The van der Waals surface area contributed by atoms with Crippen LogP contribution in [0.4, 0.5) is 4.79 Å². The number of nitrogens with two attached hydrogens (primary N) is 1. The molecule has 0 radical (unpaired) electrons. The molecule has 0 aliphatic carbocycles. The van der Waals surface area contributed by atoms with Gasteiger partial charge >= 0.3 is 12.0 Å². The van der Waals surface area contributed by atoms with Crippen molar-refractivity contribution in [2.24, 2.45) is 5.73 Å². The summed E-state index contributed by atoms with van der Waals surface area (Å²) in [5.41, 5.74) is 6.05. The van der Waals surface area contributed by atoms with Crippen molar-refractivity contribution in [2.45, 2.75) is 6.42 Å². The summed E-state index contributed by atoms with van der Waals surface area (Å²) >= 11 is 1.56. The molecule has 1 rings (SSSR count). The molecule has 3 amide bonds. The summed E-state index contributed by atoms with van der Waals surface area (Å²) in [6, 6.07) is 1.33. The molecule has 8 heteroatoms. The van der Waals surface area contributed by atoms with E-state index in [1.807, 2.05) is 16.8 Å². The monoisotopic (exact) mass is 285 g/mol. The highest BCUT2D eigenvalue weighted by atomic mass is 32.1. The van der Waals surface area contributed by atoms with Gasteiger partial charge in [-0.1, -0.05) is 0 Å². The summed E-state index contributed by atoms with van der Waals surface area (Å²) in [7, 11) is 0. The van der Waals surface area contributed by atoms with Crippen molar-refractivity contribution in [1.82, 2.24) is 10.2 Å². The van der Waals surface area contributed by atoms with E-state index >= 15 is 0 Å². The second-order valence-corrected chi connectivity index (χ2v) is 4.61. The molecule has 0 atom stereocenters. The number of nitrogens with zero attached hydrogens (tertiary/aromatic N) is 1. The number of rotatable bonds is 7. The maximum atomic E-state index is 11.7. The van der Waals surface area contributed by atoms with Gasteiger partial charge in [0.05, 0.1) is 0 Å². The molecule has 1 aromatic rings. The Morgan fingerprint density at radius 3 is 2.63 bits per heavy atom. The van der Waals surface area contributed by atoms with E-state index in [-0.39, 0.29) is 0 Å². The predicted molar refractivity (Wildman–Crippen MR) is 69.8 cm³/mol. The Balaban J connectivity index is 2.42. The maximum Gasteiger partial charge on any atom is 0.323 e. The van der Waals surface area contributed by atoms with Gasteiger partial charge in [0.15, 0.2) is 0 Å². The Morgan fingerprint density at radius 2 is 2.11 bits per heavy atom. The highest BCUT2D eigenvalue weighted by molar-refractivity contribution is 7.07. The lowest BCUT2D eigenvalue weighted by Gasteiger charge is -2.19. The first-order chi connectivity index (χ1) is 8.99. The first kappa shape index (κ1) is 15.0. The number of urea groups is 1. The van der Waals surface area contributed by atoms with Gasteiger partial charge in [-0.25, -0.2) is 4.79 Å². The molecular weight excluding hydrogens is 270 g/mol. The predicted octanol–water partition coefficient (Wildman–Crippen LogP) is -0.128. The van der Waals surface area contributed by atoms with Crippen LogP contribution < -0.4 is 11.1 Å². The van der Waals surface area contributed by atoms with Gasteiger partial charge in [0.2, 0.25) is 5.91 Å². The van der Waals surface area contributed by atoms with Crippen LogP contribution in [0.3, 0.4) is 0 Å². The standard InChI is InChI=1S/C11H15N3O4S/c12-9(15)5-14(6-10(16)17)11(18)13-3-1-8-2-4-19-7-8/h2,4,7H,1,3,5-6H2,(H2,12,15)(H,13,18)(H,16,17). The number of hydrogen-bond donors (Lipinski definition) is 3. The van der Waals surface area contributed by atoms with Crippen LogP contribution >= 0.6 is 11.3 Å². The van der Waals surface area contributed by atoms with Crippen LogP contribution in [-0.2, 0) is 16.0 Å².